The van der Waals surface area contributed by atoms with E-state index in [1.807, 2.05) is 30.3 Å². The van der Waals surface area contributed by atoms with Crippen LogP contribution >= 0.6 is 15.9 Å². The van der Waals surface area contributed by atoms with Crippen molar-refractivity contribution in [2.45, 2.75) is 6.42 Å². The lowest BCUT2D eigenvalue weighted by Gasteiger charge is -2.03. The molecule has 92 valence electrons. The van der Waals surface area contributed by atoms with Gasteiger partial charge in [-0.1, -0.05) is 18.2 Å². The molecule has 0 radical (unpaired) electrons. The predicted molar refractivity (Wildman–Crippen MR) is 72.5 cm³/mol. The van der Waals surface area contributed by atoms with E-state index in [1.54, 1.807) is 12.1 Å². The van der Waals surface area contributed by atoms with E-state index in [0.717, 1.165) is 22.3 Å². The molecular weight excluding hydrogens is 294 g/mol. The lowest BCUT2D eigenvalue weighted by molar-refractivity contribution is 0.0600. The number of carbonyl (C=O) groups excluding carboxylic acids is 1. The zero-order chi connectivity index (χ0) is 13.0. The van der Waals surface area contributed by atoms with Crippen molar-refractivity contribution in [3.63, 3.8) is 0 Å². The predicted octanol–water partition coefficient (Wildman–Crippen LogP) is 3.22. The van der Waals surface area contributed by atoms with Crippen LogP contribution in [0.3, 0.4) is 0 Å². The van der Waals surface area contributed by atoms with Gasteiger partial charge in [-0.25, -0.2) is 9.78 Å². The molecule has 0 spiro atoms. The van der Waals surface area contributed by atoms with Crippen LogP contribution in [0.15, 0.2) is 47.1 Å². The summed E-state index contributed by atoms with van der Waals surface area (Å²) < 4.78 is 5.48. The SMILES string of the molecule is COC(=O)c1ccc(Cc2cccc(Br)n2)cc1. The van der Waals surface area contributed by atoms with E-state index >= 15 is 0 Å². The Hall–Kier alpha value is -1.68. The Balaban J connectivity index is 2.13. The highest BCUT2D eigenvalue weighted by atomic mass is 79.9. The Labute approximate surface area is 114 Å². The molecule has 0 aliphatic carbocycles. The third kappa shape index (κ3) is 3.17. The van der Waals surface area contributed by atoms with Gasteiger partial charge in [-0.05, 0) is 45.8 Å². The number of carbonyl (C=O) groups is 1. The number of esters is 1. The van der Waals surface area contributed by atoms with E-state index in [1.165, 1.54) is 7.11 Å². The second kappa shape index (κ2) is 5.78. The van der Waals surface area contributed by atoms with E-state index in [9.17, 15) is 4.79 Å². The molecule has 0 aliphatic heterocycles. The Kier molecular flexibility index (Phi) is 4.10. The Bertz CT molecular complexity index is 552. The summed E-state index contributed by atoms with van der Waals surface area (Å²) in [6, 6.07) is 13.2. The van der Waals surface area contributed by atoms with Crippen molar-refractivity contribution in [2.75, 3.05) is 7.11 Å². The summed E-state index contributed by atoms with van der Waals surface area (Å²) in [5.74, 6) is -0.317. The molecule has 0 amide bonds. The van der Waals surface area contributed by atoms with Crippen molar-refractivity contribution in [2.24, 2.45) is 0 Å². The fourth-order valence-corrected chi connectivity index (χ4v) is 2.01. The van der Waals surface area contributed by atoms with Gasteiger partial charge in [0.1, 0.15) is 4.60 Å². The van der Waals surface area contributed by atoms with E-state index in [0.29, 0.717) is 5.56 Å². The Morgan fingerprint density at radius 1 is 1.22 bits per heavy atom. The van der Waals surface area contributed by atoms with E-state index in [-0.39, 0.29) is 5.97 Å². The van der Waals surface area contributed by atoms with Crippen LogP contribution in [0.5, 0.6) is 0 Å². The van der Waals surface area contributed by atoms with Crippen molar-refractivity contribution in [1.29, 1.82) is 0 Å². The average Bonchev–Trinajstić information content (AvgIpc) is 2.39. The molecule has 2 rings (SSSR count). The molecule has 0 saturated heterocycles. The Morgan fingerprint density at radius 2 is 1.94 bits per heavy atom. The molecule has 3 nitrogen and oxygen atoms in total. The number of pyridine rings is 1. The maximum atomic E-state index is 11.3. The van der Waals surface area contributed by atoms with Gasteiger partial charge >= 0.3 is 5.97 Å². The molecular formula is C14H12BrNO2. The topological polar surface area (TPSA) is 39.2 Å². The van der Waals surface area contributed by atoms with Crippen LogP contribution in [0.2, 0.25) is 0 Å². The smallest absolute Gasteiger partial charge is 0.337 e. The summed E-state index contributed by atoms with van der Waals surface area (Å²) in [5.41, 5.74) is 2.65. The van der Waals surface area contributed by atoms with E-state index in [2.05, 4.69) is 25.7 Å². The van der Waals surface area contributed by atoms with Crippen molar-refractivity contribution in [3.8, 4) is 0 Å². The first-order valence-corrected chi connectivity index (χ1v) is 6.27. The normalized spacial score (nSPS) is 10.1. The van der Waals surface area contributed by atoms with E-state index < -0.39 is 0 Å². The summed E-state index contributed by atoms with van der Waals surface area (Å²) in [6.07, 6.45) is 0.737. The quantitative estimate of drug-likeness (QED) is 0.645. The van der Waals surface area contributed by atoms with Gasteiger partial charge in [-0.2, -0.15) is 0 Å². The second-order valence-electron chi connectivity index (χ2n) is 3.82. The van der Waals surface area contributed by atoms with Gasteiger partial charge < -0.3 is 4.74 Å². The fourth-order valence-electron chi connectivity index (χ4n) is 1.63. The van der Waals surface area contributed by atoms with Gasteiger partial charge in [0, 0.05) is 12.1 Å². The minimum atomic E-state index is -0.317. The summed E-state index contributed by atoms with van der Waals surface area (Å²) in [6.45, 7) is 0. The minimum absolute atomic E-state index is 0.317. The monoisotopic (exact) mass is 305 g/mol. The number of rotatable bonds is 3. The van der Waals surface area contributed by atoms with Crippen LogP contribution in [0.1, 0.15) is 21.6 Å². The second-order valence-corrected chi connectivity index (χ2v) is 4.63. The summed E-state index contributed by atoms with van der Waals surface area (Å²) >= 11 is 3.34. The third-order valence-electron chi connectivity index (χ3n) is 2.53. The summed E-state index contributed by atoms with van der Waals surface area (Å²) in [7, 11) is 1.38. The van der Waals surface area contributed by atoms with Gasteiger partial charge in [-0.15, -0.1) is 0 Å². The van der Waals surface area contributed by atoms with Crippen LogP contribution in [0.4, 0.5) is 0 Å². The number of halogens is 1. The molecule has 0 atom stereocenters. The van der Waals surface area contributed by atoms with Gasteiger partial charge in [-0.3, -0.25) is 0 Å². The maximum Gasteiger partial charge on any atom is 0.337 e. The van der Waals surface area contributed by atoms with Gasteiger partial charge in [0.2, 0.25) is 0 Å². The summed E-state index contributed by atoms with van der Waals surface area (Å²) in [4.78, 5) is 15.7. The van der Waals surface area contributed by atoms with Gasteiger partial charge in [0.05, 0.1) is 12.7 Å². The highest BCUT2D eigenvalue weighted by Crippen LogP contribution is 2.12. The van der Waals surface area contributed by atoms with Crippen molar-refractivity contribution >= 4 is 21.9 Å². The third-order valence-corrected chi connectivity index (χ3v) is 2.97. The molecule has 1 aromatic carbocycles. The fraction of sp³-hybridized carbons (Fsp3) is 0.143. The van der Waals surface area contributed by atoms with Gasteiger partial charge in [0.15, 0.2) is 0 Å². The lowest BCUT2D eigenvalue weighted by Crippen LogP contribution is -2.01. The van der Waals surface area contributed by atoms with Crippen LogP contribution in [-0.4, -0.2) is 18.1 Å². The molecule has 0 bridgehead atoms. The molecule has 0 aliphatic rings. The first-order valence-electron chi connectivity index (χ1n) is 5.48. The highest BCUT2D eigenvalue weighted by Gasteiger charge is 2.05. The van der Waals surface area contributed by atoms with Crippen LogP contribution in [-0.2, 0) is 11.2 Å². The number of methoxy groups -OCH3 is 1. The minimum Gasteiger partial charge on any atom is -0.465 e. The zero-order valence-corrected chi connectivity index (χ0v) is 11.5. The number of benzene rings is 1. The van der Waals surface area contributed by atoms with Crippen molar-refractivity contribution in [3.05, 3.63) is 63.9 Å². The number of aromatic nitrogens is 1. The maximum absolute atomic E-state index is 11.3. The molecule has 0 saturated carbocycles. The zero-order valence-electron chi connectivity index (χ0n) is 9.89. The van der Waals surface area contributed by atoms with Crippen LogP contribution in [0, 0.1) is 0 Å². The molecule has 4 heteroatoms. The molecule has 0 unspecified atom stereocenters. The number of hydrogen-bond donors (Lipinski definition) is 0. The molecule has 1 aromatic heterocycles. The number of ether oxygens (including phenoxy) is 1. The Morgan fingerprint density at radius 3 is 2.56 bits per heavy atom. The largest absolute Gasteiger partial charge is 0.465 e. The highest BCUT2D eigenvalue weighted by molar-refractivity contribution is 9.10. The first-order chi connectivity index (χ1) is 8.69. The standard InChI is InChI=1S/C14H12BrNO2/c1-18-14(17)11-7-5-10(6-8-11)9-12-3-2-4-13(15)16-12/h2-8H,9H2,1H3. The van der Waals surface area contributed by atoms with Gasteiger partial charge in [0.25, 0.3) is 0 Å². The molecule has 0 fully saturated rings. The van der Waals surface area contributed by atoms with Crippen molar-refractivity contribution < 1.29 is 9.53 Å². The van der Waals surface area contributed by atoms with Crippen LogP contribution in [0.25, 0.3) is 0 Å². The van der Waals surface area contributed by atoms with Crippen LogP contribution < -0.4 is 0 Å². The van der Waals surface area contributed by atoms with E-state index in [4.69, 9.17) is 0 Å². The number of hydrogen-bond acceptors (Lipinski definition) is 3. The van der Waals surface area contributed by atoms with Crippen molar-refractivity contribution in [1.82, 2.24) is 4.98 Å². The lowest BCUT2D eigenvalue weighted by atomic mass is 10.1. The molecule has 0 N–H and O–H groups in total. The number of nitrogens with zero attached hydrogens (tertiary/aromatic N) is 1. The molecule has 1 heterocycles. The molecule has 18 heavy (non-hydrogen) atoms. The average molecular weight is 306 g/mol. The first kappa shape index (κ1) is 12.8. The summed E-state index contributed by atoms with van der Waals surface area (Å²) in [5, 5.41) is 0. The molecule has 2 aromatic rings.